The van der Waals surface area contributed by atoms with E-state index in [-0.39, 0.29) is 6.10 Å². The van der Waals surface area contributed by atoms with Gasteiger partial charge in [0.1, 0.15) is 0 Å². The average Bonchev–Trinajstić information content (AvgIpc) is 2.24. The Morgan fingerprint density at radius 2 is 1.87 bits per heavy atom. The minimum Gasteiger partial charge on any atom is -0.393 e. The number of aliphatic hydroxyl groups excluding tert-OH is 1. The summed E-state index contributed by atoms with van der Waals surface area (Å²) in [5.74, 6) is 0.474. The van der Waals surface area contributed by atoms with Crippen LogP contribution in [0.5, 0.6) is 0 Å². The summed E-state index contributed by atoms with van der Waals surface area (Å²) >= 11 is 0. The molecule has 0 bridgehead atoms. The molecule has 0 aliphatic heterocycles. The maximum atomic E-state index is 9.89. The lowest BCUT2D eigenvalue weighted by Crippen LogP contribution is -2.17. The van der Waals surface area contributed by atoms with Crippen molar-refractivity contribution in [1.82, 2.24) is 0 Å². The minimum atomic E-state index is -0.0906. The third-order valence-electron chi connectivity index (χ3n) is 3.03. The third-order valence-corrected chi connectivity index (χ3v) is 3.03. The summed E-state index contributed by atoms with van der Waals surface area (Å²) in [6.07, 6.45) is 12.4. The molecule has 0 aromatic carbocycles. The number of hydrogen-bond donors (Lipinski definition) is 1. The molecule has 0 aliphatic carbocycles. The van der Waals surface area contributed by atoms with Crippen molar-refractivity contribution in [3.8, 4) is 0 Å². The van der Waals surface area contributed by atoms with Gasteiger partial charge < -0.3 is 5.11 Å². The number of allylic oxidation sites excluding steroid dienone is 2. The van der Waals surface area contributed by atoms with E-state index in [0.717, 1.165) is 19.3 Å². The monoisotopic (exact) mass is 212 g/mol. The quantitative estimate of drug-likeness (QED) is 0.446. The van der Waals surface area contributed by atoms with Gasteiger partial charge in [0.2, 0.25) is 0 Å². The van der Waals surface area contributed by atoms with E-state index >= 15 is 0 Å². The highest BCUT2D eigenvalue weighted by molar-refractivity contribution is 4.77. The van der Waals surface area contributed by atoms with E-state index in [1.54, 1.807) is 0 Å². The molecule has 0 saturated heterocycles. The van der Waals surface area contributed by atoms with E-state index in [1.165, 1.54) is 25.7 Å². The van der Waals surface area contributed by atoms with E-state index in [2.05, 4.69) is 26.0 Å². The Morgan fingerprint density at radius 1 is 1.13 bits per heavy atom. The van der Waals surface area contributed by atoms with Crippen LogP contribution in [0.1, 0.15) is 65.7 Å². The van der Waals surface area contributed by atoms with Crippen molar-refractivity contribution in [1.29, 1.82) is 0 Å². The molecule has 0 saturated carbocycles. The molecule has 0 aromatic rings. The Hall–Kier alpha value is -0.300. The summed E-state index contributed by atoms with van der Waals surface area (Å²) in [4.78, 5) is 0. The third kappa shape index (κ3) is 8.68. The van der Waals surface area contributed by atoms with Gasteiger partial charge in [0.15, 0.2) is 0 Å². The Balaban J connectivity index is 3.46. The molecule has 0 spiro atoms. The summed E-state index contributed by atoms with van der Waals surface area (Å²) in [5.41, 5.74) is 0. The lowest BCUT2D eigenvalue weighted by Gasteiger charge is -2.18. The van der Waals surface area contributed by atoms with Gasteiger partial charge >= 0.3 is 0 Å². The highest BCUT2D eigenvalue weighted by atomic mass is 16.3. The molecule has 0 aromatic heterocycles. The van der Waals surface area contributed by atoms with Gasteiger partial charge in [0, 0.05) is 0 Å². The molecule has 1 heteroatoms. The first-order chi connectivity index (χ1) is 7.22. The zero-order chi connectivity index (χ0) is 11.5. The molecule has 15 heavy (non-hydrogen) atoms. The fraction of sp³-hybridized carbons (Fsp3) is 0.857. The first-order valence-corrected chi connectivity index (χ1v) is 6.51. The highest BCUT2D eigenvalue weighted by Crippen LogP contribution is 2.17. The first-order valence-electron chi connectivity index (χ1n) is 6.51. The van der Waals surface area contributed by atoms with Crippen LogP contribution in [0.2, 0.25) is 0 Å². The minimum absolute atomic E-state index is 0.0906. The molecule has 0 amide bonds. The van der Waals surface area contributed by atoms with E-state index < -0.39 is 0 Å². The van der Waals surface area contributed by atoms with Crippen LogP contribution in [0.4, 0.5) is 0 Å². The summed E-state index contributed by atoms with van der Waals surface area (Å²) in [5, 5.41) is 9.89. The van der Waals surface area contributed by atoms with Gasteiger partial charge in [-0.15, -0.1) is 0 Å². The molecule has 0 fully saturated rings. The summed E-state index contributed by atoms with van der Waals surface area (Å²) in [6, 6.07) is 0. The molecule has 1 N–H and O–H groups in total. The van der Waals surface area contributed by atoms with Crippen molar-refractivity contribution in [2.45, 2.75) is 71.8 Å². The van der Waals surface area contributed by atoms with Gasteiger partial charge in [-0.3, -0.25) is 0 Å². The molecule has 1 nitrogen and oxygen atoms in total. The maximum Gasteiger partial charge on any atom is 0.0565 e. The molecule has 0 aliphatic rings. The van der Waals surface area contributed by atoms with Crippen molar-refractivity contribution >= 4 is 0 Å². The number of unbranched alkanes of at least 4 members (excludes halogenated alkanes) is 3. The molecular weight excluding hydrogens is 184 g/mol. The van der Waals surface area contributed by atoms with Gasteiger partial charge in [0.25, 0.3) is 0 Å². The SMILES string of the molecule is CC=CCCCC(O)C(C)CCCCC. The second kappa shape index (κ2) is 10.2. The smallest absolute Gasteiger partial charge is 0.0565 e. The zero-order valence-electron chi connectivity index (χ0n) is 10.7. The lowest BCUT2D eigenvalue weighted by molar-refractivity contribution is 0.0997. The maximum absolute atomic E-state index is 9.89. The molecule has 0 heterocycles. The predicted octanol–water partition coefficient (Wildman–Crippen LogP) is 4.31. The van der Waals surface area contributed by atoms with Crippen molar-refractivity contribution < 1.29 is 5.11 Å². The second-order valence-electron chi connectivity index (χ2n) is 4.54. The second-order valence-corrected chi connectivity index (χ2v) is 4.54. The zero-order valence-corrected chi connectivity index (χ0v) is 10.7. The van der Waals surface area contributed by atoms with E-state index in [1.807, 2.05) is 6.92 Å². The number of aliphatic hydroxyl groups is 1. The first kappa shape index (κ1) is 14.7. The average molecular weight is 212 g/mol. The van der Waals surface area contributed by atoms with Crippen LogP contribution in [0.15, 0.2) is 12.2 Å². The van der Waals surface area contributed by atoms with Crippen molar-refractivity contribution in [2.24, 2.45) is 5.92 Å². The van der Waals surface area contributed by atoms with Gasteiger partial charge in [-0.05, 0) is 38.5 Å². The Morgan fingerprint density at radius 3 is 2.47 bits per heavy atom. The summed E-state index contributed by atoms with van der Waals surface area (Å²) in [6.45, 7) is 6.44. The lowest BCUT2D eigenvalue weighted by atomic mass is 9.94. The van der Waals surface area contributed by atoms with Crippen LogP contribution in [0, 0.1) is 5.92 Å². The van der Waals surface area contributed by atoms with Crippen molar-refractivity contribution in [3.05, 3.63) is 12.2 Å². The largest absolute Gasteiger partial charge is 0.393 e. The summed E-state index contributed by atoms with van der Waals surface area (Å²) < 4.78 is 0. The number of rotatable bonds is 9. The topological polar surface area (TPSA) is 20.2 Å². The van der Waals surface area contributed by atoms with Crippen LogP contribution in [-0.4, -0.2) is 11.2 Å². The number of hydrogen-bond acceptors (Lipinski definition) is 1. The predicted molar refractivity (Wildman–Crippen MR) is 68.0 cm³/mol. The molecule has 90 valence electrons. The molecule has 0 radical (unpaired) electrons. The van der Waals surface area contributed by atoms with Gasteiger partial charge in [0.05, 0.1) is 6.10 Å². The fourth-order valence-electron chi connectivity index (χ4n) is 1.80. The van der Waals surface area contributed by atoms with Crippen LogP contribution in [0.3, 0.4) is 0 Å². The Kier molecular flexibility index (Phi) is 10.0. The van der Waals surface area contributed by atoms with E-state index in [0.29, 0.717) is 5.92 Å². The van der Waals surface area contributed by atoms with Gasteiger partial charge in [-0.1, -0.05) is 45.3 Å². The van der Waals surface area contributed by atoms with Crippen LogP contribution in [0.25, 0.3) is 0 Å². The highest BCUT2D eigenvalue weighted by Gasteiger charge is 2.12. The standard InChI is InChI=1S/C14H28O/c1-4-6-8-10-12-14(15)13(3)11-9-7-5-2/h4,6,13-15H,5,7-12H2,1-3H3. The fourth-order valence-corrected chi connectivity index (χ4v) is 1.80. The van der Waals surface area contributed by atoms with Gasteiger partial charge in [-0.2, -0.15) is 0 Å². The van der Waals surface area contributed by atoms with Crippen LogP contribution < -0.4 is 0 Å². The van der Waals surface area contributed by atoms with Crippen LogP contribution in [-0.2, 0) is 0 Å². The summed E-state index contributed by atoms with van der Waals surface area (Å²) in [7, 11) is 0. The van der Waals surface area contributed by atoms with E-state index in [4.69, 9.17) is 0 Å². The Bertz CT molecular complexity index is 151. The Labute approximate surface area is 95.6 Å². The normalized spacial score (nSPS) is 15.7. The molecule has 0 rings (SSSR count). The van der Waals surface area contributed by atoms with Gasteiger partial charge in [-0.25, -0.2) is 0 Å². The van der Waals surface area contributed by atoms with Crippen LogP contribution >= 0.6 is 0 Å². The van der Waals surface area contributed by atoms with Crippen molar-refractivity contribution in [2.75, 3.05) is 0 Å². The molecular formula is C14H28O. The van der Waals surface area contributed by atoms with Crippen molar-refractivity contribution in [3.63, 3.8) is 0 Å². The van der Waals surface area contributed by atoms with E-state index in [9.17, 15) is 5.11 Å². The molecule has 2 atom stereocenters. The molecule has 2 unspecified atom stereocenters.